The van der Waals surface area contributed by atoms with E-state index in [1.807, 2.05) is 60.7 Å². The van der Waals surface area contributed by atoms with Crippen LogP contribution in [0.3, 0.4) is 0 Å². The summed E-state index contributed by atoms with van der Waals surface area (Å²) in [6.45, 7) is 0. The first kappa shape index (κ1) is 16.3. The zero-order chi connectivity index (χ0) is 17.6. The number of hydrogen-bond donors (Lipinski definition) is 3. The van der Waals surface area contributed by atoms with Gasteiger partial charge in [0.05, 0.1) is 11.0 Å². The van der Waals surface area contributed by atoms with Crippen molar-refractivity contribution in [2.24, 2.45) is 5.84 Å². The molecule has 0 bridgehead atoms. The maximum absolute atomic E-state index is 11.4. The summed E-state index contributed by atoms with van der Waals surface area (Å²) in [4.78, 5) is 18.7. The molecule has 0 aliphatic heterocycles. The molecule has 1 heterocycles. The highest BCUT2D eigenvalue weighted by atomic mass is 16.6. The summed E-state index contributed by atoms with van der Waals surface area (Å²) in [5.41, 5.74) is 3.83. The van der Waals surface area contributed by atoms with Gasteiger partial charge in [-0.05, 0) is 11.1 Å². The van der Waals surface area contributed by atoms with Crippen LogP contribution >= 0.6 is 0 Å². The molecule has 1 aromatic heterocycles. The van der Waals surface area contributed by atoms with E-state index < -0.39 is 4.92 Å². The van der Waals surface area contributed by atoms with Crippen molar-refractivity contribution >= 4 is 17.3 Å². The molecule has 126 valence electrons. The Labute approximate surface area is 143 Å². The van der Waals surface area contributed by atoms with Crippen molar-refractivity contribution in [1.82, 2.24) is 9.97 Å². The van der Waals surface area contributed by atoms with Crippen LogP contribution in [0.25, 0.3) is 0 Å². The molecule has 3 aromatic rings. The van der Waals surface area contributed by atoms with Crippen molar-refractivity contribution in [3.63, 3.8) is 0 Å². The number of nitrogens with zero attached hydrogens (tertiary/aromatic N) is 3. The first-order chi connectivity index (χ1) is 12.2. The molecule has 0 radical (unpaired) electrons. The van der Waals surface area contributed by atoms with Crippen LogP contribution in [0, 0.1) is 10.1 Å². The van der Waals surface area contributed by atoms with Crippen LogP contribution in [0.5, 0.6) is 0 Å². The number of nitrogen functional groups attached to an aromatic ring is 1. The molecule has 0 aliphatic rings. The van der Waals surface area contributed by atoms with Crippen LogP contribution in [-0.4, -0.2) is 14.9 Å². The largest absolute Gasteiger partial charge is 0.354 e. The molecule has 8 heteroatoms. The summed E-state index contributed by atoms with van der Waals surface area (Å²) in [6.07, 6.45) is 1.22. The molecule has 8 nitrogen and oxygen atoms in total. The van der Waals surface area contributed by atoms with Crippen molar-refractivity contribution in [1.29, 1.82) is 0 Å². The van der Waals surface area contributed by atoms with Crippen LogP contribution in [0.15, 0.2) is 67.0 Å². The first-order valence-corrected chi connectivity index (χ1v) is 7.53. The third kappa shape index (κ3) is 3.54. The zero-order valence-electron chi connectivity index (χ0n) is 13.2. The Morgan fingerprint density at radius 3 is 1.92 bits per heavy atom. The van der Waals surface area contributed by atoms with E-state index in [1.165, 1.54) is 6.33 Å². The second kappa shape index (κ2) is 7.37. The van der Waals surface area contributed by atoms with Gasteiger partial charge in [-0.2, -0.15) is 0 Å². The van der Waals surface area contributed by atoms with Gasteiger partial charge in [0.2, 0.25) is 11.6 Å². The quantitative estimate of drug-likeness (QED) is 0.360. The van der Waals surface area contributed by atoms with E-state index in [2.05, 4.69) is 20.7 Å². The van der Waals surface area contributed by atoms with Crippen LogP contribution in [-0.2, 0) is 0 Å². The highest BCUT2D eigenvalue weighted by molar-refractivity contribution is 5.69. The lowest BCUT2D eigenvalue weighted by atomic mass is 9.99. The summed E-state index contributed by atoms with van der Waals surface area (Å²) in [5, 5.41) is 14.6. The lowest BCUT2D eigenvalue weighted by Gasteiger charge is -2.20. The topological polar surface area (TPSA) is 119 Å². The number of nitrogens with one attached hydrogen (secondary N) is 2. The van der Waals surface area contributed by atoms with E-state index in [4.69, 9.17) is 5.84 Å². The Morgan fingerprint density at radius 1 is 0.920 bits per heavy atom. The van der Waals surface area contributed by atoms with E-state index in [0.29, 0.717) is 0 Å². The van der Waals surface area contributed by atoms with E-state index >= 15 is 0 Å². The van der Waals surface area contributed by atoms with Gasteiger partial charge in [-0.3, -0.25) is 10.1 Å². The highest BCUT2D eigenvalue weighted by Gasteiger charge is 2.25. The van der Waals surface area contributed by atoms with Crippen LogP contribution in [0.2, 0.25) is 0 Å². The molecule has 0 amide bonds. The fraction of sp³-hybridized carbons (Fsp3) is 0.0588. The number of hydrazine groups is 1. The molecule has 0 spiro atoms. The monoisotopic (exact) mass is 336 g/mol. The fourth-order valence-corrected chi connectivity index (χ4v) is 2.55. The second-order valence-corrected chi connectivity index (χ2v) is 5.22. The minimum atomic E-state index is -0.565. The predicted molar refractivity (Wildman–Crippen MR) is 94.8 cm³/mol. The van der Waals surface area contributed by atoms with Gasteiger partial charge in [0.1, 0.15) is 6.33 Å². The Kier molecular flexibility index (Phi) is 4.82. The number of nitro groups is 1. The molecule has 0 fully saturated rings. The second-order valence-electron chi connectivity index (χ2n) is 5.22. The summed E-state index contributed by atoms with van der Waals surface area (Å²) in [7, 11) is 0. The number of aromatic nitrogens is 2. The third-order valence-electron chi connectivity index (χ3n) is 3.69. The average molecular weight is 336 g/mol. The van der Waals surface area contributed by atoms with Gasteiger partial charge in [-0.25, -0.2) is 15.8 Å². The molecule has 0 atom stereocenters. The number of hydrogen-bond acceptors (Lipinski definition) is 7. The normalized spacial score (nSPS) is 10.5. The molecule has 0 saturated heterocycles. The summed E-state index contributed by atoms with van der Waals surface area (Å²) in [6, 6.07) is 18.9. The minimum absolute atomic E-state index is 0.0534. The number of rotatable bonds is 6. The van der Waals surface area contributed by atoms with E-state index in [0.717, 1.165) is 11.1 Å². The summed E-state index contributed by atoms with van der Waals surface area (Å²) >= 11 is 0. The molecule has 25 heavy (non-hydrogen) atoms. The van der Waals surface area contributed by atoms with Gasteiger partial charge >= 0.3 is 5.69 Å². The zero-order valence-corrected chi connectivity index (χ0v) is 13.2. The Morgan fingerprint density at radius 2 is 1.44 bits per heavy atom. The Balaban J connectivity index is 2.07. The standard InChI is InChI=1S/C17H16N6O2/c18-22-17-15(23(24)25)16(19-11-20-17)21-14(12-7-3-1-4-8-12)13-9-5-2-6-10-13/h1-11,14H,18H2,(H2,19,20,21,22). The average Bonchev–Trinajstić information content (AvgIpc) is 2.67. The highest BCUT2D eigenvalue weighted by Crippen LogP contribution is 2.33. The summed E-state index contributed by atoms with van der Waals surface area (Å²) < 4.78 is 0. The predicted octanol–water partition coefficient (Wildman–Crippen LogP) is 2.87. The maximum atomic E-state index is 11.4. The maximum Gasteiger partial charge on any atom is 0.354 e. The van der Waals surface area contributed by atoms with Crippen molar-refractivity contribution in [3.05, 3.63) is 88.2 Å². The van der Waals surface area contributed by atoms with E-state index in [-0.39, 0.29) is 23.4 Å². The van der Waals surface area contributed by atoms with Crippen LogP contribution in [0.1, 0.15) is 17.2 Å². The molecular weight excluding hydrogens is 320 g/mol. The van der Waals surface area contributed by atoms with E-state index in [9.17, 15) is 10.1 Å². The molecule has 0 saturated carbocycles. The van der Waals surface area contributed by atoms with Gasteiger partial charge < -0.3 is 10.7 Å². The van der Waals surface area contributed by atoms with Crippen LogP contribution < -0.4 is 16.6 Å². The van der Waals surface area contributed by atoms with Crippen molar-refractivity contribution in [2.75, 3.05) is 10.7 Å². The minimum Gasteiger partial charge on any atom is -0.353 e. The van der Waals surface area contributed by atoms with Crippen molar-refractivity contribution in [2.45, 2.75) is 6.04 Å². The lowest BCUT2D eigenvalue weighted by Crippen LogP contribution is -2.17. The van der Waals surface area contributed by atoms with Crippen molar-refractivity contribution in [3.8, 4) is 0 Å². The molecule has 3 rings (SSSR count). The molecular formula is C17H16N6O2. The molecule has 0 aliphatic carbocycles. The van der Waals surface area contributed by atoms with Gasteiger partial charge in [-0.1, -0.05) is 60.7 Å². The SMILES string of the molecule is NNc1ncnc(NC(c2ccccc2)c2ccccc2)c1[N+](=O)[O-]. The van der Waals surface area contributed by atoms with E-state index in [1.54, 1.807) is 0 Å². The van der Waals surface area contributed by atoms with Gasteiger partial charge in [0.25, 0.3) is 0 Å². The third-order valence-corrected chi connectivity index (χ3v) is 3.69. The van der Waals surface area contributed by atoms with Gasteiger partial charge in [-0.15, -0.1) is 0 Å². The number of nitrogens with two attached hydrogens (primary N) is 1. The fourth-order valence-electron chi connectivity index (χ4n) is 2.55. The number of benzene rings is 2. The number of anilines is 2. The summed E-state index contributed by atoms with van der Waals surface area (Å²) in [5.74, 6) is 5.37. The Hall–Kier alpha value is -3.52. The smallest absolute Gasteiger partial charge is 0.353 e. The molecule has 4 N–H and O–H groups in total. The molecule has 0 unspecified atom stereocenters. The van der Waals surface area contributed by atoms with Crippen LogP contribution in [0.4, 0.5) is 17.3 Å². The Bertz CT molecular complexity index is 818. The first-order valence-electron chi connectivity index (χ1n) is 7.53. The van der Waals surface area contributed by atoms with Gasteiger partial charge in [0.15, 0.2) is 0 Å². The van der Waals surface area contributed by atoms with Crippen molar-refractivity contribution < 1.29 is 4.92 Å². The molecule has 2 aromatic carbocycles. The lowest BCUT2D eigenvalue weighted by molar-refractivity contribution is -0.383. The van der Waals surface area contributed by atoms with Gasteiger partial charge in [0, 0.05) is 0 Å².